The summed E-state index contributed by atoms with van der Waals surface area (Å²) in [6.45, 7) is 4.87. The monoisotopic (exact) mass is 644 g/mol. The lowest BCUT2D eigenvalue weighted by atomic mass is 10.2. The molecule has 2 fully saturated rings. The van der Waals surface area contributed by atoms with Gasteiger partial charge in [-0.2, -0.15) is 8.61 Å². The third-order valence-electron chi connectivity index (χ3n) is 6.67. The molecule has 2 aliphatic heterocycles. The van der Waals surface area contributed by atoms with Gasteiger partial charge in [0.1, 0.15) is 0 Å². The molecule has 2 aromatic carbocycles. The molecular formula is C26H34Cl2N6O5S2. The predicted molar refractivity (Wildman–Crippen MR) is 165 cm³/mol. The third-order valence-corrected chi connectivity index (χ3v) is 10.6. The van der Waals surface area contributed by atoms with Gasteiger partial charge in [0.2, 0.25) is 20.0 Å². The van der Waals surface area contributed by atoms with Crippen molar-refractivity contribution < 1.29 is 22.3 Å². The minimum Gasteiger partial charge on any atom is -0.412 e. The van der Waals surface area contributed by atoms with Crippen LogP contribution < -0.4 is 10.6 Å². The van der Waals surface area contributed by atoms with E-state index in [9.17, 15) is 16.8 Å². The Morgan fingerprint density at radius 3 is 1.32 bits per heavy atom. The molecule has 0 aliphatic carbocycles. The Bertz CT molecular complexity index is 1520. The number of aromatic nitrogens is 2. The highest BCUT2D eigenvalue weighted by molar-refractivity contribution is 7.89. The second-order valence-electron chi connectivity index (χ2n) is 9.01. The summed E-state index contributed by atoms with van der Waals surface area (Å²) in [5.74, 6) is 0. The van der Waals surface area contributed by atoms with E-state index in [2.05, 4.69) is 20.6 Å². The number of nitrogens with one attached hydrogen (secondary N) is 2. The number of halogens is 2. The quantitative estimate of drug-likeness (QED) is 0.340. The van der Waals surface area contributed by atoms with Gasteiger partial charge in [0, 0.05) is 98.7 Å². The molecule has 0 atom stereocenters. The summed E-state index contributed by atoms with van der Waals surface area (Å²) < 4.78 is 53.8. The van der Waals surface area contributed by atoms with Crippen molar-refractivity contribution in [1.82, 2.24) is 29.2 Å². The maximum Gasteiger partial charge on any atom is 0.243 e. The van der Waals surface area contributed by atoms with Gasteiger partial charge >= 0.3 is 0 Å². The van der Waals surface area contributed by atoms with Crippen molar-refractivity contribution in [3.63, 3.8) is 0 Å². The summed E-state index contributed by atoms with van der Waals surface area (Å²) in [4.78, 5) is 8.80. The Labute approximate surface area is 252 Å². The van der Waals surface area contributed by atoms with E-state index in [0.717, 1.165) is 21.5 Å². The minimum atomic E-state index is -3.42. The van der Waals surface area contributed by atoms with Crippen LogP contribution in [0.2, 0.25) is 0 Å². The third kappa shape index (κ3) is 7.49. The van der Waals surface area contributed by atoms with E-state index in [4.69, 9.17) is 0 Å². The van der Waals surface area contributed by atoms with Crippen LogP contribution in [-0.4, -0.2) is 93.2 Å². The lowest BCUT2D eigenvalue weighted by Gasteiger charge is -2.27. The van der Waals surface area contributed by atoms with Crippen LogP contribution in [0.15, 0.2) is 83.1 Å². The van der Waals surface area contributed by atoms with E-state index in [1.165, 1.54) is 0 Å². The number of nitrogens with zero attached hydrogens (tertiary/aromatic N) is 4. The summed E-state index contributed by atoms with van der Waals surface area (Å²) in [5, 5.41) is 9.48. The number of rotatable bonds is 4. The Balaban J connectivity index is 0.000000267. The average Bonchev–Trinajstić information content (AvgIpc) is 2.98. The van der Waals surface area contributed by atoms with Crippen molar-refractivity contribution >= 4 is 66.4 Å². The van der Waals surface area contributed by atoms with Gasteiger partial charge in [-0.25, -0.2) is 16.8 Å². The van der Waals surface area contributed by atoms with Crippen LogP contribution in [0.3, 0.4) is 0 Å². The van der Waals surface area contributed by atoms with Crippen molar-refractivity contribution in [2.75, 3.05) is 52.4 Å². The first kappa shape index (κ1) is 34.7. The molecule has 2 aliphatic rings. The van der Waals surface area contributed by atoms with Crippen molar-refractivity contribution in [2.45, 2.75) is 9.79 Å². The molecule has 41 heavy (non-hydrogen) atoms. The molecular weight excluding hydrogens is 611 g/mol. The zero-order chi connectivity index (χ0) is 26.6. The standard InChI is InChI=1S/2C13H15N3O2S.2ClH.H2O/c2*17-19(18,16-8-6-14-7-9-16)13-3-1-2-11-10-15-5-4-12(11)13;;;/h2*1-5,10,14H,6-9H2;2*1H;1H2. The predicted octanol–water partition coefficient (Wildman–Crippen LogP) is 1.68. The molecule has 2 saturated heterocycles. The zero-order valence-electron chi connectivity index (χ0n) is 22.1. The van der Waals surface area contributed by atoms with Crippen molar-refractivity contribution in [2.24, 2.45) is 0 Å². The number of benzene rings is 2. The van der Waals surface area contributed by atoms with Gasteiger partial charge in [0.05, 0.1) is 9.79 Å². The molecule has 0 amide bonds. The lowest BCUT2D eigenvalue weighted by Crippen LogP contribution is -2.46. The zero-order valence-corrected chi connectivity index (χ0v) is 25.4. The summed E-state index contributed by atoms with van der Waals surface area (Å²) in [7, 11) is -6.85. The molecule has 6 rings (SSSR count). The Morgan fingerprint density at radius 1 is 0.585 bits per heavy atom. The van der Waals surface area contributed by atoms with E-state index in [1.807, 2.05) is 12.1 Å². The molecule has 2 aromatic heterocycles. The van der Waals surface area contributed by atoms with Gasteiger partial charge in [0.15, 0.2) is 0 Å². The smallest absolute Gasteiger partial charge is 0.243 e. The van der Waals surface area contributed by atoms with Crippen LogP contribution in [0.5, 0.6) is 0 Å². The summed E-state index contributed by atoms with van der Waals surface area (Å²) in [6, 6.07) is 14.1. The van der Waals surface area contributed by atoms with Crippen LogP contribution in [0.25, 0.3) is 21.5 Å². The molecule has 0 bridgehead atoms. The van der Waals surface area contributed by atoms with E-state index < -0.39 is 20.0 Å². The highest BCUT2D eigenvalue weighted by Crippen LogP contribution is 2.26. The number of piperazine rings is 2. The van der Waals surface area contributed by atoms with E-state index in [-0.39, 0.29) is 30.3 Å². The fourth-order valence-electron chi connectivity index (χ4n) is 4.68. The fraction of sp³-hybridized carbons (Fsp3) is 0.308. The highest BCUT2D eigenvalue weighted by Gasteiger charge is 2.28. The van der Waals surface area contributed by atoms with Crippen LogP contribution in [0, 0.1) is 0 Å². The Kier molecular flexibility index (Phi) is 12.8. The number of hydrogen-bond donors (Lipinski definition) is 2. The average molecular weight is 646 g/mol. The van der Waals surface area contributed by atoms with Gasteiger partial charge in [-0.15, -0.1) is 24.8 Å². The first-order valence-corrected chi connectivity index (χ1v) is 15.3. The first-order valence-electron chi connectivity index (χ1n) is 12.5. The molecule has 0 saturated carbocycles. The molecule has 4 aromatic rings. The second-order valence-corrected chi connectivity index (χ2v) is 12.8. The summed E-state index contributed by atoms with van der Waals surface area (Å²) in [6.07, 6.45) is 6.62. The molecule has 11 nitrogen and oxygen atoms in total. The second kappa shape index (κ2) is 15.1. The molecule has 15 heteroatoms. The van der Waals surface area contributed by atoms with Crippen molar-refractivity contribution in [3.8, 4) is 0 Å². The highest BCUT2D eigenvalue weighted by atomic mass is 35.5. The van der Waals surface area contributed by atoms with Gasteiger partial charge in [0.25, 0.3) is 0 Å². The number of hydrogen-bond acceptors (Lipinski definition) is 8. The number of pyridine rings is 2. The fourth-order valence-corrected chi connectivity index (χ4v) is 7.99. The molecule has 0 unspecified atom stereocenters. The maximum atomic E-state index is 12.7. The van der Waals surface area contributed by atoms with Crippen LogP contribution in [0.4, 0.5) is 0 Å². The first-order chi connectivity index (χ1) is 18.4. The van der Waals surface area contributed by atoms with Gasteiger partial charge in [-0.1, -0.05) is 24.3 Å². The molecule has 4 heterocycles. The van der Waals surface area contributed by atoms with Crippen molar-refractivity contribution in [1.29, 1.82) is 0 Å². The summed E-state index contributed by atoms with van der Waals surface area (Å²) in [5.41, 5.74) is 0. The van der Waals surface area contributed by atoms with E-state index in [1.54, 1.807) is 69.8 Å². The van der Waals surface area contributed by atoms with Crippen LogP contribution in [0.1, 0.15) is 0 Å². The summed E-state index contributed by atoms with van der Waals surface area (Å²) >= 11 is 0. The SMILES string of the molecule is Cl.Cl.O.O=S(=O)(c1cccc2cnccc12)N1CCNCC1.O=S(=O)(c1cccc2cnccc12)N1CCNCC1. The molecule has 224 valence electrons. The lowest BCUT2D eigenvalue weighted by molar-refractivity contribution is 0.360. The van der Waals surface area contributed by atoms with E-state index in [0.29, 0.717) is 62.1 Å². The van der Waals surface area contributed by atoms with Gasteiger partial charge < -0.3 is 16.1 Å². The molecule has 4 N–H and O–H groups in total. The Morgan fingerprint density at radius 2 is 0.951 bits per heavy atom. The number of sulfonamides is 2. The Hall–Kier alpha value is -2.46. The normalized spacial score (nSPS) is 16.4. The van der Waals surface area contributed by atoms with Crippen LogP contribution in [-0.2, 0) is 20.0 Å². The molecule has 0 spiro atoms. The largest absolute Gasteiger partial charge is 0.412 e. The maximum absolute atomic E-state index is 12.7. The minimum absolute atomic E-state index is 0. The van der Waals surface area contributed by atoms with E-state index >= 15 is 0 Å². The topological polar surface area (TPSA) is 156 Å². The molecule has 0 radical (unpaired) electrons. The van der Waals surface area contributed by atoms with Crippen LogP contribution >= 0.6 is 24.8 Å². The van der Waals surface area contributed by atoms with Crippen molar-refractivity contribution in [3.05, 3.63) is 73.3 Å². The van der Waals surface area contributed by atoms with Gasteiger partial charge in [-0.05, 0) is 24.3 Å². The van der Waals surface area contributed by atoms with Gasteiger partial charge in [-0.3, -0.25) is 9.97 Å². The number of fused-ring (bicyclic) bond motifs is 2.